The third kappa shape index (κ3) is 5.64. The molecule has 1 amide bonds. The van der Waals surface area contributed by atoms with Crippen LogP contribution in [0.4, 0.5) is 0 Å². The molecule has 0 radical (unpaired) electrons. The van der Waals surface area contributed by atoms with Crippen LogP contribution >= 0.6 is 11.3 Å². The minimum absolute atomic E-state index is 0.187. The largest absolute Gasteiger partial charge is 0.342 e. The van der Waals surface area contributed by atoms with Crippen molar-refractivity contribution in [3.05, 3.63) is 40.9 Å². The smallest absolute Gasteiger partial charge is 0.237 e. The Morgan fingerprint density at radius 1 is 1.11 bits per heavy atom. The van der Waals surface area contributed by atoms with Crippen molar-refractivity contribution in [3.8, 4) is 10.6 Å². The zero-order chi connectivity index (χ0) is 20.1. The topological polar surface area (TPSA) is 67.3 Å². The molecule has 0 bridgehead atoms. The van der Waals surface area contributed by atoms with Crippen LogP contribution in [0.15, 0.2) is 29.6 Å². The molecule has 1 aliphatic heterocycles. The highest BCUT2D eigenvalue weighted by Gasteiger charge is 2.24. The van der Waals surface area contributed by atoms with Crippen molar-refractivity contribution in [1.29, 1.82) is 0 Å². The van der Waals surface area contributed by atoms with Gasteiger partial charge in [0.25, 0.3) is 0 Å². The van der Waals surface area contributed by atoms with Crippen molar-refractivity contribution < 1.29 is 13.2 Å². The fourth-order valence-electron chi connectivity index (χ4n) is 3.39. The van der Waals surface area contributed by atoms with Gasteiger partial charge in [-0.2, -0.15) is 0 Å². The van der Waals surface area contributed by atoms with Crippen molar-refractivity contribution in [2.24, 2.45) is 0 Å². The molecular weight excluding hydrogens is 392 g/mol. The lowest BCUT2D eigenvalue weighted by Gasteiger charge is -2.20. The van der Waals surface area contributed by atoms with Crippen LogP contribution in [0.1, 0.15) is 56.7 Å². The number of aromatic nitrogens is 1. The van der Waals surface area contributed by atoms with E-state index in [2.05, 4.69) is 31.0 Å². The molecule has 1 saturated heterocycles. The predicted octanol–water partition coefficient (Wildman–Crippen LogP) is 4.25. The molecule has 28 heavy (non-hydrogen) atoms. The van der Waals surface area contributed by atoms with Crippen LogP contribution in [0.25, 0.3) is 10.6 Å². The van der Waals surface area contributed by atoms with E-state index < -0.39 is 15.6 Å². The number of amides is 1. The van der Waals surface area contributed by atoms with Crippen LogP contribution in [0.3, 0.4) is 0 Å². The molecule has 2 aromatic rings. The third-order valence-corrected chi connectivity index (χ3v) is 7.41. The molecule has 1 aromatic carbocycles. The molecule has 7 heteroatoms. The molecule has 1 aromatic heterocycles. The number of carbonyl (C=O) groups excluding carboxylic acids is 1. The van der Waals surface area contributed by atoms with Gasteiger partial charge < -0.3 is 4.90 Å². The monoisotopic (exact) mass is 420 g/mol. The summed E-state index contributed by atoms with van der Waals surface area (Å²) < 4.78 is 25.0. The number of carbonyl (C=O) groups is 1. The Hall–Kier alpha value is -1.73. The van der Waals surface area contributed by atoms with Crippen LogP contribution < -0.4 is 0 Å². The van der Waals surface area contributed by atoms with E-state index in [0.717, 1.165) is 36.3 Å². The lowest BCUT2D eigenvalue weighted by atomic mass is 10.0. The quantitative estimate of drug-likeness (QED) is 0.701. The minimum atomic E-state index is -3.53. The molecule has 0 saturated carbocycles. The van der Waals surface area contributed by atoms with Gasteiger partial charge in [-0.05, 0) is 24.3 Å². The van der Waals surface area contributed by atoms with E-state index in [1.54, 1.807) is 10.3 Å². The van der Waals surface area contributed by atoms with E-state index in [9.17, 15) is 13.2 Å². The number of rotatable bonds is 6. The van der Waals surface area contributed by atoms with Crippen LogP contribution in [0.2, 0.25) is 0 Å². The van der Waals surface area contributed by atoms with E-state index in [0.29, 0.717) is 24.7 Å². The lowest BCUT2D eigenvalue weighted by molar-refractivity contribution is -0.128. The van der Waals surface area contributed by atoms with Gasteiger partial charge >= 0.3 is 0 Å². The SMILES string of the molecule is CC(C)c1ccc(-c2nc(CS(=O)(=O)CC(=O)N3CCCCCC3)cs2)cc1. The first kappa shape index (κ1) is 21.0. The van der Waals surface area contributed by atoms with Crippen LogP contribution in [0, 0.1) is 0 Å². The summed E-state index contributed by atoms with van der Waals surface area (Å²) in [5.74, 6) is -0.426. The van der Waals surface area contributed by atoms with Gasteiger partial charge in [-0.1, -0.05) is 51.0 Å². The van der Waals surface area contributed by atoms with Crippen molar-refractivity contribution in [2.45, 2.75) is 51.2 Å². The van der Waals surface area contributed by atoms with E-state index in [1.165, 1.54) is 16.9 Å². The molecule has 0 N–H and O–H groups in total. The highest BCUT2D eigenvalue weighted by molar-refractivity contribution is 7.91. The predicted molar refractivity (Wildman–Crippen MR) is 114 cm³/mol. The molecule has 0 aliphatic carbocycles. The maximum atomic E-state index is 12.5. The van der Waals surface area contributed by atoms with Gasteiger partial charge in [0, 0.05) is 24.0 Å². The van der Waals surface area contributed by atoms with E-state index >= 15 is 0 Å². The maximum Gasteiger partial charge on any atom is 0.237 e. The van der Waals surface area contributed by atoms with Crippen molar-refractivity contribution in [3.63, 3.8) is 0 Å². The molecular formula is C21H28N2O3S2. The Morgan fingerprint density at radius 2 is 1.75 bits per heavy atom. The Kier molecular flexibility index (Phi) is 6.88. The standard InChI is InChI=1S/C21H28N2O3S2/c1-16(2)17-7-9-18(10-8-17)21-22-19(13-27-21)14-28(25,26)15-20(24)23-11-5-3-4-6-12-23/h7-10,13,16H,3-6,11-12,14-15H2,1-2H3. The van der Waals surface area contributed by atoms with Crippen LogP contribution in [-0.4, -0.2) is 43.1 Å². The van der Waals surface area contributed by atoms with Gasteiger partial charge in [0.05, 0.1) is 11.4 Å². The maximum absolute atomic E-state index is 12.5. The molecule has 152 valence electrons. The molecule has 1 aliphatic rings. The number of sulfone groups is 1. The number of hydrogen-bond donors (Lipinski definition) is 0. The number of likely N-dealkylation sites (tertiary alicyclic amines) is 1. The average molecular weight is 421 g/mol. The summed E-state index contributed by atoms with van der Waals surface area (Å²) >= 11 is 1.44. The summed E-state index contributed by atoms with van der Waals surface area (Å²) in [4.78, 5) is 18.6. The number of benzene rings is 1. The average Bonchev–Trinajstić information content (AvgIpc) is 2.92. The summed E-state index contributed by atoms with van der Waals surface area (Å²) in [5.41, 5.74) is 2.76. The number of hydrogen-bond acceptors (Lipinski definition) is 5. The molecule has 3 rings (SSSR count). The summed E-state index contributed by atoms with van der Waals surface area (Å²) in [5, 5.41) is 2.58. The second kappa shape index (κ2) is 9.18. The summed E-state index contributed by atoms with van der Waals surface area (Å²) in [6.07, 6.45) is 4.13. The summed E-state index contributed by atoms with van der Waals surface area (Å²) in [6, 6.07) is 8.21. The third-order valence-electron chi connectivity index (χ3n) is 5.05. The zero-order valence-electron chi connectivity index (χ0n) is 16.6. The molecule has 0 atom stereocenters. The van der Waals surface area contributed by atoms with Gasteiger partial charge in [-0.15, -0.1) is 11.3 Å². The minimum Gasteiger partial charge on any atom is -0.342 e. The second-order valence-electron chi connectivity index (χ2n) is 7.75. The first-order chi connectivity index (χ1) is 13.3. The first-order valence-corrected chi connectivity index (χ1v) is 12.6. The fraction of sp³-hybridized carbons (Fsp3) is 0.524. The van der Waals surface area contributed by atoms with Gasteiger partial charge in [0.15, 0.2) is 9.84 Å². The van der Waals surface area contributed by atoms with Gasteiger partial charge in [-0.25, -0.2) is 13.4 Å². The van der Waals surface area contributed by atoms with Gasteiger partial charge in [0.2, 0.25) is 5.91 Å². The Morgan fingerprint density at radius 3 is 2.36 bits per heavy atom. The lowest BCUT2D eigenvalue weighted by Crippen LogP contribution is -2.36. The molecule has 0 unspecified atom stereocenters. The first-order valence-electron chi connectivity index (χ1n) is 9.87. The Labute approximate surface area is 171 Å². The Bertz CT molecular complexity index is 894. The number of thiazole rings is 1. The van der Waals surface area contributed by atoms with Gasteiger partial charge in [0.1, 0.15) is 10.8 Å². The summed E-state index contributed by atoms with van der Waals surface area (Å²) in [7, 11) is -3.53. The number of nitrogens with zero attached hydrogens (tertiary/aromatic N) is 2. The fourth-order valence-corrected chi connectivity index (χ4v) is 5.58. The van der Waals surface area contributed by atoms with E-state index in [4.69, 9.17) is 0 Å². The Balaban J connectivity index is 1.63. The zero-order valence-corrected chi connectivity index (χ0v) is 18.2. The van der Waals surface area contributed by atoms with Crippen molar-refractivity contribution >= 4 is 27.1 Å². The highest BCUT2D eigenvalue weighted by atomic mass is 32.2. The normalized spacial score (nSPS) is 15.6. The molecule has 5 nitrogen and oxygen atoms in total. The second-order valence-corrected chi connectivity index (χ2v) is 10.7. The molecule has 1 fully saturated rings. The van der Waals surface area contributed by atoms with Crippen molar-refractivity contribution in [1.82, 2.24) is 9.88 Å². The van der Waals surface area contributed by atoms with Crippen molar-refractivity contribution in [2.75, 3.05) is 18.8 Å². The van der Waals surface area contributed by atoms with Gasteiger partial charge in [-0.3, -0.25) is 4.79 Å². The summed E-state index contributed by atoms with van der Waals surface area (Å²) in [6.45, 7) is 5.63. The molecule has 2 heterocycles. The molecule has 0 spiro atoms. The van der Waals surface area contributed by atoms with Crippen LogP contribution in [-0.2, 0) is 20.4 Å². The van der Waals surface area contributed by atoms with E-state index in [1.807, 2.05) is 12.1 Å². The van der Waals surface area contributed by atoms with E-state index in [-0.39, 0.29) is 11.7 Å². The highest BCUT2D eigenvalue weighted by Crippen LogP contribution is 2.26. The van der Waals surface area contributed by atoms with Crippen LogP contribution in [0.5, 0.6) is 0 Å².